The molecule has 256 valence electrons. The minimum atomic E-state index is -0.500. The van der Waals surface area contributed by atoms with Crippen molar-refractivity contribution in [1.82, 2.24) is 0 Å². The van der Waals surface area contributed by atoms with Gasteiger partial charge in [0.15, 0.2) is 0 Å². The first kappa shape index (κ1) is 72.9. The molecule has 1 radical (unpaired) electrons. The van der Waals surface area contributed by atoms with Crippen molar-refractivity contribution in [3.8, 4) is 0 Å². The van der Waals surface area contributed by atoms with Gasteiger partial charge in [-0.2, -0.15) is 0 Å². The van der Waals surface area contributed by atoms with Crippen LogP contribution in [-0.2, 0) is 43.0 Å². The van der Waals surface area contributed by atoms with Crippen LogP contribution in [0.3, 0.4) is 0 Å². The molecule has 0 aromatic carbocycles. The Kier molecular flexibility index (Phi) is 60.1. The van der Waals surface area contributed by atoms with Crippen molar-refractivity contribution in [2.75, 3.05) is 0 Å². The summed E-state index contributed by atoms with van der Waals surface area (Å²) in [6, 6.07) is 0. The summed E-state index contributed by atoms with van der Waals surface area (Å²) in [5, 5.41) is 59.6. The van der Waals surface area contributed by atoms with Crippen molar-refractivity contribution in [3.63, 3.8) is 0 Å². The number of hydrogen-bond acceptors (Lipinski definition) is 7. The predicted octanol–water partition coefficient (Wildman–Crippen LogP) is 6.30. The van der Waals surface area contributed by atoms with Crippen LogP contribution in [-0.4, -0.2) is 79.7 Å². The maximum Gasteiger partial charge on any atom is 0 e. The molecule has 0 rings (SSSR count). The number of aliphatic hydroxyl groups is 7. The van der Waals surface area contributed by atoms with Gasteiger partial charge in [-0.1, -0.05) is 0 Å². The molecule has 0 fully saturated rings. The van der Waals surface area contributed by atoms with Gasteiger partial charge in [0.2, 0.25) is 0 Å². The molecule has 7 nitrogen and oxygen atoms in total. The Balaban J connectivity index is -0.0000000266. The van der Waals surface area contributed by atoms with Gasteiger partial charge >= 0.3 is 25.3 Å². The molecule has 0 aliphatic carbocycles. The molecule has 0 amide bonds. The van der Waals surface area contributed by atoms with Gasteiger partial charge in [-0.05, 0) is 145 Å². The Morgan fingerprint density at radius 1 is 0.275 bits per heavy atom. The average Bonchev–Trinajstić information content (AvgIpc) is 2.24. The molecule has 0 bridgehead atoms. The van der Waals surface area contributed by atoms with Gasteiger partial charge in [0.05, 0.1) is 39.2 Å². The van der Waals surface area contributed by atoms with Crippen LogP contribution >= 0.6 is 0 Å². The smallest absolute Gasteiger partial charge is 0 e. The second-order valence-corrected chi connectivity index (χ2v) is 15.2. The molecular formula is C31H78Nb2O7-2. The van der Waals surface area contributed by atoms with E-state index in [2.05, 4.69) is 4.73 Å². The zero-order valence-electron chi connectivity index (χ0n) is 31.2. The Labute approximate surface area is 281 Å². The molecule has 0 saturated carbocycles. The Morgan fingerprint density at radius 3 is 0.275 bits per heavy atom. The van der Waals surface area contributed by atoms with E-state index in [1.165, 1.54) is 20.6 Å². The SMILES string of the molecule is CC(C)(C)O.CC(C)(C)O.CC(C)(C)O.CC(C)(C)O.CC(C)(C)O.CC(C)(C)O.CC(C)(C)O.[CH2]=[Nb].[CH3-].[CH3-].[Nb]. The van der Waals surface area contributed by atoms with E-state index in [0.717, 1.165) is 0 Å². The summed E-state index contributed by atoms with van der Waals surface area (Å²) < 4.78 is 3.30. The topological polar surface area (TPSA) is 142 Å². The van der Waals surface area contributed by atoms with E-state index in [0.29, 0.717) is 0 Å². The van der Waals surface area contributed by atoms with Crippen LogP contribution in [0.4, 0.5) is 0 Å². The molecular weight excluding hydrogens is 670 g/mol. The van der Waals surface area contributed by atoms with Crippen LogP contribution < -0.4 is 0 Å². The average molecular weight is 749 g/mol. The second-order valence-electron chi connectivity index (χ2n) is 15.2. The van der Waals surface area contributed by atoms with E-state index in [1.807, 2.05) is 0 Å². The monoisotopic (exact) mass is 748 g/mol. The van der Waals surface area contributed by atoms with Gasteiger partial charge in [-0.3, -0.25) is 0 Å². The summed E-state index contributed by atoms with van der Waals surface area (Å²) >= 11 is 1.50. The fourth-order valence-corrected chi connectivity index (χ4v) is 0. The maximum absolute atomic E-state index is 8.52. The van der Waals surface area contributed by atoms with Gasteiger partial charge in [-0.15, -0.1) is 0 Å². The van der Waals surface area contributed by atoms with E-state index < -0.39 is 39.2 Å². The summed E-state index contributed by atoms with van der Waals surface area (Å²) in [6.45, 7) is 36.6. The van der Waals surface area contributed by atoms with Crippen LogP contribution in [0.5, 0.6) is 0 Å². The molecule has 0 aromatic heterocycles. The summed E-state index contributed by atoms with van der Waals surface area (Å²) in [4.78, 5) is 0. The van der Waals surface area contributed by atoms with E-state index >= 15 is 0 Å². The zero-order valence-corrected chi connectivity index (χ0v) is 35.6. The maximum atomic E-state index is 8.52. The Morgan fingerprint density at radius 2 is 0.275 bits per heavy atom. The Hall–Kier alpha value is 1.07. The number of rotatable bonds is 0. The van der Waals surface area contributed by atoms with Gasteiger partial charge in [0.1, 0.15) is 0 Å². The van der Waals surface area contributed by atoms with E-state index in [-0.39, 0.29) is 37.2 Å². The minimum absolute atomic E-state index is 0. The first-order valence-electron chi connectivity index (χ1n) is 12.4. The van der Waals surface area contributed by atoms with Crippen molar-refractivity contribution >= 4 is 4.73 Å². The molecule has 0 atom stereocenters. The summed E-state index contributed by atoms with van der Waals surface area (Å²) in [6.07, 6.45) is 0. The molecule has 0 aromatic rings. The summed E-state index contributed by atoms with van der Waals surface area (Å²) in [5.41, 5.74) is -3.50. The van der Waals surface area contributed by atoms with E-state index in [9.17, 15) is 0 Å². The first-order valence-corrected chi connectivity index (χ1v) is 13.9. The van der Waals surface area contributed by atoms with Gasteiger partial charge in [-0.25, -0.2) is 0 Å². The van der Waals surface area contributed by atoms with Crippen molar-refractivity contribution < 1.29 is 78.7 Å². The van der Waals surface area contributed by atoms with Gasteiger partial charge in [0.25, 0.3) is 0 Å². The van der Waals surface area contributed by atoms with Crippen LogP contribution in [0, 0.1) is 14.9 Å². The van der Waals surface area contributed by atoms with Crippen molar-refractivity contribution in [1.29, 1.82) is 0 Å². The fourth-order valence-electron chi connectivity index (χ4n) is 0. The molecule has 0 spiro atoms. The molecule has 40 heavy (non-hydrogen) atoms. The van der Waals surface area contributed by atoms with Crippen LogP contribution in [0.1, 0.15) is 145 Å². The van der Waals surface area contributed by atoms with Crippen LogP contribution in [0.25, 0.3) is 0 Å². The molecule has 9 heteroatoms. The third-order valence-electron chi connectivity index (χ3n) is 0. The third-order valence-corrected chi connectivity index (χ3v) is 0. The minimum Gasteiger partial charge on any atom is -0.358 e. The molecule has 0 heterocycles. The first-order chi connectivity index (χ1) is 15.0. The van der Waals surface area contributed by atoms with E-state index in [1.54, 1.807) is 145 Å². The summed E-state index contributed by atoms with van der Waals surface area (Å²) in [5.74, 6) is 0. The summed E-state index contributed by atoms with van der Waals surface area (Å²) in [7, 11) is 0. The molecule has 0 saturated heterocycles. The van der Waals surface area contributed by atoms with Crippen molar-refractivity contribution in [3.05, 3.63) is 14.9 Å². The van der Waals surface area contributed by atoms with Crippen molar-refractivity contribution in [2.45, 2.75) is 185 Å². The third kappa shape index (κ3) is 49400. The zero-order chi connectivity index (χ0) is 33.5. The second kappa shape index (κ2) is 33.0. The predicted molar refractivity (Wildman–Crippen MR) is 174 cm³/mol. The standard InChI is InChI=1S/7C4H10O.2CH3.CH2.2Nb/c7*1-4(2,3)5;;;;;/h7*5H,1-3H3;2*1H3;1H2;;/q;;;;;;;2*-1;;;. The Bertz CT molecular complexity index is 278. The van der Waals surface area contributed by atoms with Gasteiger partial charge < -0.3 is 50.6 Å². The quantitative estimate of drug-likeness (QED) is 0.114. The van der Waals surface area contributed by atoms with E-state index in [4.69, 9.17) is 35.7 Å². The van der Waals surface area contributed by atoms with Crippen molar-refractivity contribution in [2.24, 2.45) is 0 Å². The van der Waals surface area contributed by atoms with Crippen LogP contribution in [0.2, 0.25) is 0 Å². The van der Waals surface area contributed by atoms with Crippen LogP contribution in [0.15, 0.2) is 0 Å². The van der Waals surface area contributed by atoms with Gasteiger partial charge in [0, 0.05) is 22.4 Å². The normalized spacial score (nSPS) is 10.6. The molecule has 0 aliphatic heterocycles. The molecule has 0 aliphatic rings. The molecule has 0 unspecified atom stereocenters. The fraction of sp³-hybridized carbons (Fsp3) is 0.903. The largest absolute Gasteiger partial charge is 0.358 e. The number of hydrogen-bond donors (Lipinski definition) is 7. The molecule has 7 N–H and O–H groups in total.